The molecular weight excluding hydrogens is 218 g/mol. The van der Waals surface area contributed by atoms with Gasteiger partial charge in [-0.3, -0.25) is 14.6 Å². The highest BCUT2D eigenvalue weighted by molar-refractivity contribution is 6.08. The normalized spacial score (nSPS) is 11.6. The number of ether oxygens (including phenoxy) is 1. The highest BCUT2D eigenvalue weighted by Crippen LogP contribution is 2.15. The molecule has 0 radical (unpaired) electrons. The van der Waals surface area contributed by atoms with Crippen LogP contribution < -0.4 is 0 Å². The van der Waals surface area contributed by atoms with Gasteiger partial charge in [-0.2, -0.15) is 0 Å². The molecular formula is C13H15NO3. The van der Waals surface area contributed by atoms with Gasteiger partial charge in [-0.05, 0) is 18.6 Å². The third-order valence-corrected chi connectivity index (χ3v) is 2.34. The van der Waals surface area contributed by atoms with Gasteiger partial charge in [-0.25, -0.2) is 0 Å². The minimum atomic E-state index is -0.764. The summed E-state index contributed by atoms with van der Waals surface area (Å²) in [4.78, 5) is 27.5. The maximum atomic E-state index is 12.1. The molecule has 1 unspecified atom stereocenters. The van der Waals surface area contributed by atoms with Crippen molar-refractivity contribution in [3.8, 4) is 0 Å². The van der Waals surface area contributed by atoms with Gasteiger partial charge in [0, 0.05) is 18.0 Å². The third kappa shape index (κ3) is 3.52. The number of hydrogen-bond acceptors (Lipinski definition) is 4. The molecule has 17 heavy (non-hydrogen) atoms. The van der Waals surface area contributed by atoms with Crippen molar-refractivity contribution in [1.82, 2.24) is 4.98 Å². The molecule has 1 aromatic rings. The van der Waals surface area contributed by atoms with Crippen molar-refractivity contribution in [2.24, 2.45) is 5.92 Å². The van der Waals surface area contributed by atoms with Crippen LogP contribution in [0.15, 0.2) is 37.4 Å². The van der Waals surface area contributed by atoms with Gasteiger partial charge in [-0.1, -0.05) is 19.9 Å². The number of nitrogens with zero attached hydrogens (tertiary/aromatic N) is 1. The molecule has 0 spiro atoms. The first-order valence-electron chi connectivity index (χ1n) is 5.46. The molecule has 4 heteroatoms. The van der Waals surface area contributed by atoms with E-state index in [0.29, 0.717) is 12.0 Å². The van der Waals surface area contributed by atoms with Crippen LogP contribution in [0.25, 0.3) is 0 Å². The summed E-state index contributed by atoms with van der Waals surface area (Å²) in [6, 6.07) is 3.18. The van der Waals surface area contributed by atoms with E-state index in [0.717, 1.165) is 12.7 Å². The maximum Gasteiger partial charge on any atom is 0.321 e. The molecule has 90 valence electrons. The molecule has 0 aliphatic heterocycles. The predicted octanol–water partition coefficient (Wildman–Crippen LogP) is 2.37. The Bertz CT molecular complexity index is 400. The van der Waals surface area contributed by atoms with E-state index in [4.69, 9.17) is 0 Å². The molecule has 1 rings (SSSR count). The van der Waals surface area contributed by atoms with Gasteiger partial charge in [0.15, 0.2) is 5.78 Å². The number of carbonyl (C=O) groups excluding carboxylic acids is 2. The van der Waals surface area contributed by atoms with Gasteiger partial charge >= 0.3 is 5.97 Å². The molecule has 1 atom stereocenters. The molecule has 0 saturated carbocycles. The van der Waals surface area contributed by atoms with Crippen molar-refractivity contribution >= 4 is 11.8 Å². The molecule has 1 aromatic heterocycles. The zero-order chi connectivity index (χ0) is 12.7. The van der Waals surface area contributed by atoms with E-state index in [1.165, 1.54) is 12.4 Å². The molecule has 4 nitrogen and oxygen atoms in total. The summed E-state index contributed by atoms with van der Waals surface area (Å²) in [5.41, 5.74) is 0.472. The van der Waals surface area contributed by atoms with E-state index < -0.39 is 11.9 Å². The standard InChI is InChI=1S/C13H15NO3/c1-3-5-11(13(16)17-4-2)12(15)10-6-8-14-9-7-10/h4,6-9,11H,2-3,5H2,1H3. The number of hydrogen-bond donors (Lipinski definition) is 0. The number of rotatable bonds is 6. The summed E-state index contributed by atoms with van der Waals surface area (Å²) in [6.07, 6.45) is 5.29. The van der Waals surface area contributed by atoms with Gasteiger partial charge in [0.25, 0.3) is 0 Å². The van der Waals surface area contributed by atoms with E-state index in [1.54, 1.807) is 12.1 Å². The number of esters is 1. The molecule has 0 saturated heterocycles. The second kappa shape index (κ2) is 6.58. The Morgan fingerprint density at radius 1 is 1.47 bits per heavy atom. The maximum absolute atomic E-state index is 12.1. The summed E-state index contributed by atoms with van der Waals surface area (Å²) in [7, 11) is 0. The third-order valence-electron chi connectivity index (χ3n) is 2.34. The van der Waals surface area contributed by atoms with Crippen LogP contribution >= 0.6 is 0 Å². The van der Waals surface area contributed by atoms with Crippen LogP contribution in [0.4, 0.5) is 0 Å². The Morgan fingerprint density at radius 2 is 2.12 bits per heavy atom. The fourth-order valence-electron chi connectivity index (χ4n) is 1.53. The molecule has 0 bridgehead atoms. The van der Waals surface area contributed by atoms with Gasteiger partial charge in [0.05, 0.1) is 6.26 Å². The van der Waals surface area contributed by atoms with Crippen molar-refractivity contribution in [3.05, 3.63) is 42.9 Å². The molecule has 1 heterocycles. The van der Waals surface area contributed by atoms with Crippen molar-refractivity contribution < 1.29 is 14.3 Å². The monoisotopic (exact) mass is 233 g/mol. The van der Waals surface area contributed by atoms with Crippen molar-refractivity contribution in [3.63, 3.8) is 0 Å². The fourth-order valence-corrected chi connectivity index (χ4v) is 1.53. The predicted molar refractivity (Wildman–Crippen MR) is 63.3 cm³/mol. The molecule has 0 aromatic carbocycles. The highest BCUT2D eigenvalue weighted by atomic mass is 16.5. The fraction of sp³-hybridized carbons (Fsp3) is 0.308. The molecule has 0 fully saturated rings. The number of ketones is 1. The molecule has 0 amide bonds. The first-order valence-corrected chi connectivity index (χ1v) is 5.46. The zero-order valence-electron chi connectivity index (χ0n) is 9.76. The van der Waals surface area contributed by atoms with Gasteiger partial charge in [-0.15, -0.1) is 0 Å². The summed E-state index contributed by atoms with van der Waals surface area (Å²) >= 11 is 0. The Morgan fingerprint density at radius 3 is 2.65 bits per heavy atom. The first-order chi connectivity index (χ1) is 8.20. The van der Waals surface area contributed by atoms with Crippen LogP contribution in [0, 0.1) is 5.92 Å². The molecule has 0 aliphatic rings. The van der Waals surface area contributed by atoms with Crippen molar-refractivity contribution in [2.45, 2.75) is 19.8 Å². The Labute approximate surface area is 100 Å². The minimum absolute atomic E-state index is 0.235. The Kier molecular flexibility index (Phi) is 5.07. The summed E-state index contributed by atoms with van der Waals surface area (Å²) in [6.45, 7) is 5.22. The Balaban J connectivity index is 2.87. The number of pyridine rings is 1. The van der Waals surface area contributed by atoms with E-state index in [1.807, 2.05) is 6.92 Å². The van der Waals surface area contributed by atoms with Crippen molar-refractivity contribution in [2.75, 3.05) is 0 Å². The lowest BCUT2D eigenvalue weighted by molar-refractivity contribution is -0.141. The summed E-state index contributed by atoms with van der Waals surface area (Å²) in [5, 5.41) is 0. The second-order valence-corrected chi connectivity index (χ2v) is 3.54. The topological polar surface area (TPSA) is 56.3 Å². The quantitative estimate of drug-likeness (QED) is 0.327. The lowest BCUT2D eigenvalue weighted by Gasteiger charge is -2.12. The van der Waals surface area contributed by atoms with E-state index in [2.05, 4.69) is 16.3 Å². The van der Waals surface area contributed by atoms with Crippen LogP contribution in [0.5, 0.6) is 0 Å². The lowest BCUT2D eigenvalue weighted by atomic mass is 9.94. The highest BCUT2D eigenvalue weighted by Gasteiger charge is 2.27. The van der Waals surface area contributed by atoms with Crippen LogP contribution in [0.2, 0.25) is 0 Å². The average Bonchev–Trinajstić information content (AvgIpc) is 2.36. The van der Waals surface area contributed by atoms with E-state index in [9.17, 15) is 9.59 Å². The smallest absolute Gasteiger partial charge is 0.321 e. The average molecular weight is 233 g/mol. The Hall–Kier alpha value is -1.97. The number of carbonyl (C=O) groups is 2. The zero-order valence-corrected chi connectivity index (χ0v) is 9.76. The number of aromatic nitrogens is 1. The van der Waals surface area contributed by atoms with E-state index in [-0.39, 0.29) is 5.78 Å². The SMILES string of the molecule is C=COC(=O)C(CCC)C(=O)c1ccncc1. The van der Waals surface area contributed by atoms with Crippen LogP contribution in [0.1, 0.15) is 30.1 Å². The van der Waals surface area contributed by atoms with Gasteiger partial charge in [0.2, 0.25) is 0 Å². The van der Waals surface area contributed by atoms with Crippen LogP contribution in [-0.4, -0.2) is 16.7 Å². The summed E-state index contributed by atoms with van der Waals surface area (Å²) in [5.74, 6) is -1.55. The first kappa shape index (κ1) is 13.1. The largest absolute Gasteiger partial charge is 0.435 e. The van der Waals surface area contributed by atoms with Gasteiger partial charge in [0.1, 0.15) is 5.92 Å². The second-order valence-electron chi connectivity index (χ2n) is 3.54. The van der Waals surface area contributed by atoms with E-state index >= 15 is 0 Å². The number of Topliss-reactive ketones (excluding diaryl/α,β-unsaturated/α-hetero) is 1. The van der Waals surface area contributed by atoms with Crippen molar-refractivity contribution in [1.29, 1.82) is 0 Å². The molecule has 0 N–H and O–H groups in total. The molecule has 0 aliphatic carbocycles. The van der Waals surface area contributed by atoms with Crippen LogP contribution in [0.3, 0.4) is 0 Å². The minimum Gasteiger partial charge on any atom is -0.435 e. The van der Waals surface area contributed by atoms with Gasteiger partial charge < -0.3 is 4.74 Å². The van der Waals surface area contributed by atoms with Crippen LogP contribution in [-0.2, 0) is 9.53 Å². The summed E-state index contributed by atoms with van der Waals surface area (Å²) < 4.78 is 4.69. The lowest BCUT2D eigenvalue weighted by Crippen LogP contribution is -2.25.